The molecule has 0 unspecified atom stereocenters. The zero-order valence-electron chi connectivity index (χ0n) is 17.3. The van der Waals surface area contributed by atoms with Crippen LogP contribution in [0.2, 0.25) is 5.02 Å². The molecule has 1 atom stereocenters. The van der Waals surface area contributed by atoms with Gasteiger partial charge in [0.25, 0.3) is 5.56 Å². The number of rotatable bonds is 6. The summed E-state index contributed by atoms with van der Waals surface area (Å²) in [6.07, 6.45) is 1.99. The minimum Gasteiger partial charge on any atom is -0.418 e. The number of esters is 1. The molecule has 0 amide bonds. The first-order chi connectivity index (χ1) is 15.1. The van der Waals surface area contributed by atoms with Gasteiger partial charge >= 0.3 is 11.7 Å². The third-order valence-electron chi connectivity index (χ3n) is 4.70. The van der Waals surface area contributed by atoms with Crippen molar-refractivity contribution in [1.29, 1.82) is 0 Å². The maximum absolute atomic E-state index is 13.2. The van der Waals surface area contributed by atoms with Crippen LogP contribution in [-0.2, 0) is 4.79 Å². The average Bonchev–Trinajstić information content (AvgIpc) is 2.73. The number of benzene rings is 2. The molecule has 0 fully saturated rings. The minimum atomic E-state index is -0.741. The molecule has 166 valence electrons. The number of fused-ring (bicyclic) bond motifs is 1. The van der Waals surface area contributed by atoms with E-state index in [0.29, 0.717) is 16.7 Å². The van der Waals surface area contributed by atoms with Crippen molar-refractivity contribution >= 4 is 56.3 Å². The molecular weight excluding hydrogens is 504 g/mol. The van der Waals surface area contributed by atoms with Crippen molar-refractivity contribution in [3.8, 4) is 5.75 Å². The van der Waals surface area contributed by atoms with Crippen LogP contribution >= 0.6 is 27.5 Å². The number of aromatic nitrogens is 2. The molecule has 0 aliphatic heterocycles. The zero-order valence-corrected chi connectivity index (χ0v) is 19.7. The van der Waals surface area contributed by atoms with Crippen molar-refractivity contribution in [3.63, 3.8) is 0 Å². The summed E-state index contributed by atoms with van der Waals surface area (Å²) in [4.78, 5) is 39.7. The Morgan fingerprint density at radius 2 is 2.12 bits per heavy atom. The molecule has 0 aliphatic rings. The van der Waals surface area contributed by atoms with Crippen LogP contribution in [0.15, 0.2) is 44.7 Å². The molecular formula is C21H18BrClN4O5. The Hall–Kier alpha value is -3.11. The molecule has 9 nitrogen and oxygen atoms in total. The van der Waals surface area contributed by atoms with Gasteiger partial charge in [-0.2, -0.15) is 9.78 Å². The van der Waals surface area contributed by atoms with Crippen molar-refractivity contribution in [1.82, 2.24) is 9.66 Å². The molecule has 0 spiro atoms. The standard InChI is InChI=1S/C21H18BrClN4O5/c1-4-11(2)20-25-17-6-5-14(22)9-15(17)21(29)26(20)24-10-13-7-16(23)19(32-12(3)28)18(8-13)27(30)31/h5-11H,4H2,1-3H3/t11-/m1/s1. The molecule has 2 aromatic carbocycles. The zero-order chi connectivity index (χ0) is 23.6. The van der Waals surface area contributed by atoms with Gasteiger partial charge in [0.05, 0.1) is 27.1 Å². The highest BCUT2D eigenvalue weighted by molar-refractivity contribution is 9.10. The van der Waals surface area contributed by atoms with E-state index in [4.69, 9.17) is 16.3 Å². The van der Waals surface area contributed by atoms with Crippen molar-refractivity contribution in [2.45, 2.75) is 33.1 Å². The van der Waals surface area contributed by atoms with E-state index in [1.807, 2.05) is 13.8 Å². The first kappa shape index (κ1) is 23.6. The lowest BCUT2D eigenvalue weighted by Gasteiger charge is -2.14. The van der Waals surface area contributed by atoms with Crippen molar-refractivity contribution in [2.24, 2.45) is 5.10 Å². The Kier molecular flexibility index (Phi) is 7.05. The number of carbonyl (C=O) groups is 1. The molecule has 3 rings (SSSR count). The number of nitrogens with zero attached hydrogens (tertiary/aromatic N) is 4. The van der Waals surface area contributed by atoms with Crippen LogP contribution in [0.25, 0.3) is 10.9 Å². The Bertz CT molecular complexity index is 1320. The van der Waals surface area contributed by atoms with E-state index in [1.165, 1.54) is 17.0 Å². The Morgan fingerprint density at radius 1 is 1.41 bits per heavy atom. The van der Waals surface area contributed by atoms with Gasteiger partial charge in [-0.05, 0) is 30.7 Å². The van der Waals surface area contributed by atoms with Crippen LogP contribution in [0.3, 0.4) is 0 Å². The fraction of sp³-hybridized carbons (Fsp3) is 0.238. The van der Waals surface area contributed by atoms with Crippen molar-refractivity contribution in [3.05, 3.63) is 71.7 Å². The maximum Gasteiger partial charge on any atom is 0.313 e. The molecule has 0 N–H and O–H groups in total. The van der Waals surface area contributed by atoms with Gasteiger partial charge in [-0.25, -0.2) is 4.98 Å². The summed E-state index contributed by atoms with van der Waals surface area (Å²) in [7, 11) is 0. The molecule has 11 heteroatoms. The quantitative estimate of drug-likeness (QED) is 0.147. The lowest BCUT2D eigenvalue weighted by atomic mass is 10.1. The van der Waals surface area contributed by atoms with Gasteiger partial charge in [0.2, 0.25) is 5.75 Å². The van der Waals surface area contributed by atoms with E-state index in [1.54, 1.807) is 18.2 Å². The largest absolute Gasteiger partial charge is 0.418 e. The van der Waals surface area contributed by atoms with Crippen LogP contribution in [-0.4, -0.2) is 26.8 Å². The third kappa shape index (κ3) is 4.86. The number of nitro groups is 1. The summed E-state index contributed by atoms with van der Waals surface area (Å²) in [6.45, 7) is 5.00. The normalized spacial score (nSPS) is 12.3. The summed E-state index contributed by atoms with van der Waals surface area (Å²) in [6, 6.07) is 7.72. The van der Waals surface area contributed by atoms with Crippen LogP contribution in [0.5, 0.6) is 5.75 Å². The Balaban J connectivity index is 2.17. The lowest BCUT2D eigenvalue weighted by Crippen LogP contribution is -2.23. The predicted molar refractivity (Wildman–Crippen MR) is 125 cm³/mol. The molecule has 0 saturated heterocycles. The lowest BCUT2D eigenvalue weighted by molar-refractivity contribution is -0.385. The van der Waals surface area contributed by atoms with E-state index in [9.17, 15) is 19.7 Å². The molecule has 1 heterocycles. The van der Waals surface area contributed by atoms with Gasteiger partial charge in [0, 0.05) is 28.9 Å². The summed E-state index contributed by atoms with van der Waals surface area (Å²) >= 11 is 9.46. The van der Waals surface area contributed by atoms with Gasteiger partial charge in [-0.3, -0.25) is 19.7 Å². The number of hydrogen-bond donors (Lipinski definition) is 0. The minimum absolute atomic E-state index is 0.0721. The molecule has 0 bridgehead atoms. The summed E-state index contributed by atoms with van der Waals surface area (Å²) in [5.41, 5.74) is -0.0810. The summed E-state index contributed by atoms with van der Waals surface area (Å²) in [5.74, 6) is -0.705. The van der Waals surface area contributed by atoms with Crippen LogP contribution in [0, 0.1) is 10.1 Å². The first-order valence-corrected chi connectivity index (χ1v) is 10.7. The van der Waals surface area contributed by atoms with Crippen LogP contribution in [0.4, 0.5) is 5.69 Å². The number of carbonyl (C=O) groups excluding carboxylic acids is 1. The Morgan fingerprint density at radius 3 is 2.75 bits per heavy atom. The van der Waals surface area contributed by atoms with Crippen molar-refractivity contribution in [2.75, 3.05) is 0 Å². The molecule has 0 saturated carbocycles. The van der Waals surface area contributed by atoms with Gasteiger partial charge in [-0.15, -0.1) is 0 Å². The van der Waals surface area contributed by atoms with Gasteiger partial charge in [0.15, 0.2) is 0 Å². The molecule has 0 radical (unpaired) electrons. The van der Waals surface area contributed by atoms with Crippen molar-refractivity contribution < 1.29 is 14.5 Å². The van der Waals surface area contributed by atoms with Gasteiger partial charge < -0.3 is 4.74 Å². The van der Waals surface area contributed by atoms with Gasteiger partial charge in [0.1, 0.15) is 5.82 Å². The molecule has 3 aromatic rings. The molecule has 1 aromatic heterocycles. The number of nitro benzene ring substituents is 1. The Labute approximate surface area is 195 Å². The van der Waals surface area contributed by atoms with Crippen LogP contribution < -0.4 is 10.3 Å². The van der Waals surface area contributed by atoms with E-state index in [2.05, 4.69) is 26.0 Å². The summed E-state index contributed by atoms with van der Waals surface area (Å²) < 4.78 is 6.78. The monoisotopic (exact) mass is 520 g/mol. The second-order valence-corrected chi connectivity index (χ2v) is 8.33. The SMILES string of the molecule is CC[C@@H](C)c1nc2ccc(Br)cc2c(=O)n1N=Cc1cc(Cl)c(OC(C)=O)c([N+](=O)[O-])c1. The highest BCUT2D eigenvalue weighted by Crippen LogP contribution is 2.36. The topological polar surface area (TPSA) is 117 Å². The smallest absolute Gasteiger partial charge is 0.313 e. The number of hydrogen-bond acceptors (Lipinski definition) is 7. The van der Waals surface area contributed by atoms with Gasteiger partial charge in [-0.1, -0.05) is 41.4 Å². The van der Waals surface area contributed by atoms with E-state index in [-0.39, 0.29) is 27.8 Å². The average molecular weight is 522 g/mol. The van der Waals surface area contributed by atoms with E-state index >= 15 is 0 Å². The van der Waals surface area contributed by atoms with Crippen LogP contribution in [0.1, 0.15) is 44.5 Å². The third-order valence-corrected chi connectivity index (χ3v) is 5.47. The number of ether oxygens (including phenoxy) is 1. The predicted octanol–water partition coefficient (Wildman–Crippen LogP) is 5.04. The summed E-state index contributed by atoms with van der Waals surface area (Å²) in [5, 5.41) is 15.9. The highest BCUT2D eigenvalue weighted by Gasteiger charge is 2.22. The second-order valence-electron chi connectivity index (χ2n) is 7.00. The second kappa shape index (κ2) is 9.58. The van der Waals surface area contributed by atoms with E-state index < -0.39 is 16.6 Å². The fourth-order valence-corrected chi connectivity index (χ4v) is 3.58. The molecule has 32 heavy (non-hydrogen) atoms. The first-order valence-electron chi connectivity index (χ1n) is 9.55. The highest BCUT2D eigenvalue weighted by atomic mass is 79.9. The van der Waals surface area contributed by atoms with E-state index in [0.717, 1.165) is 23.9 Å². The fourth-order valence-electron chi connectivity index (χ4n) is 2.96. The maximum atomic E-state index is 13.2. The number of halogens is 2. The molecule has 0 aliphatic carbocycles.